The molecule has 0 N–H and O–H groups in total. The van der Waals surface area contributed by atoms with Gasteiger partial charge in [0.05, 0.1) is 5.71 Å². The zero-order valence-electron chi connectivity index (χ0n) is 10.4. The van der Waals surface area contributed by atoms with Gasteiger partial charge in [0.2, 0.25) is 0 Å². The summed E-state index contributed by atoms with van der Waals surface area (Å²) in [4.78, 5) is 8.17. The van der Waals surface area contributed by atoms with E-state index in [-0.39, 0.29) is 0 Å². The molecule has 84 valence electrons. The van der Waals surface area contributed by atoms with Crippen LogP contribution < -0.4 is 0 Å². The Labute approximate surface area is 97.5 Å². The minimum Gasteiger partial charge on any atom is -0.292 e. The van der Waals surface area contributed by atoms with Crippen molar-refractivity contribution in [3.05, 3.63) is 41.0 Å². The van der Waals surface area contributed by atoms with Crippen molar-refractivity contribution in [2.75, 3.05) is 14.1 Å². The van der Waals surface area contributed by atoms with E-state index in [2.05, 4.69) is 47.0 Å². The first-order valence-electron chi connectivity index (χ1n) is 5.37. The quantitative estimate of drug-likeness (QED) is 0.691. The number of allylic oxidation sites excluding steroid dienone is 1. The Morgan fingerprint density at radius 2 is 1.81 bits per heavy atom. The van der Waals surface area contributed by atoms with Crippen LogP contribution in [0.3, 0.4) is 0 Å². The van der Waals surface area contributed by atoms with Crippen LogP contribution in [0.1, 0.15) is 18.1 Å². The summed E-state index contributed by atoms with van der Waals surface area (Å²) in [7, 11) is 3.53. The summed E-state index contributed by atoms with van der Waals surface area (Å²) < 4.78 is 0. The predicted octanol–water partition coefficient (Wildman–Crippen LogP) is 2.85. The van der Waals surface area contributed by atoms with Crippen molar-refractivity contribution in [2.24, 2.45) is 9.98 Å². The summed E-state index contributed by atoms with van der Waals surface area (Å²) in [6.07, 6.45) is 0.838. The highest BCUT2D eigenvalue weighted by Gasteiger charge is 2.02. The van der Waals surface area contributed by atoms with Crippen molar-refractivity contribution < 1.29 is 0 Å². The van der Waals surface area contributed by atoms with Gasteiger partial charge in [-0.1, -0.05) is 29.8 Å². The zero-order chi connectivity index (χ0) is 12.0. The minimum absolute atomic E-state index is 0.838. The molecule has 1 aromatic rings. The molecule has 0 aliphatic rings. The fourth-order valence-electron chi connectivity index (χ4n) is 1.51. The van der Waals surface area contributed by atoms with E-state index >= 15 is 0 Å². The smallest absolute Gasteiger partial charge is 0.0510 e. The lowest BCUT2D eigenvalue weighted by atomic mass is 10.0. The predicted molar refractivity (Wildman–Crippen MR) is 70.8 cm³/mol. The van der Waals surface area contributed by atoms with E-state index < -0.39 is 0 Å². The van der Waals surface area contributed by atoms with Crippen LogP contribution in [0, 0.1) is 6.92 Å². The average Bonchev–Trinajstić information content (AvgIpc) is 2.28. The molecule has 2 nitrogen and oxygen atoms in total. The first kappa shape index (κ1) is 12.4. The van der Waals surface area contributed by atoms with Crippen LogP contribution in [0.15, 0.2) is 39.8 Å². The number of benzene rings is 1. The van der Waals surface area contributed by atoms with Gasteiger partial charge in [-0.2, -0.15) is 0 Å². The first-order chi connectivity index (χ1) is 7.67. The Hall–Kier alpha value is -1.66. The second-order valence-corrected chi connectivity index (χ2v) is 3.79. The van der Waals surface area contributed by atoms with Gasteiger partial charge in [-0.3, -0.25) is 4.99 Å². The maximum atomic E-state index is 4.28. The van der Waals surface area contributed by atoms with Gasteiger partial charge in [0, 0.05) is 26.1 Å². The molecule has 16 heavy (non-hydrogen) atoms. The molecule has 0 aromatic heterocycles. The van der Waals surface area contributed by atoms with E-state index in [9.17, 15) is 0 Å². The highest BCUT2D eigenvalue weighted by molar-refractivity contribution is 6.07. The zero-order valence-corrected chi connectivity index (χ0v) is 10.4. The summed E-state index contributed by atoms with van der Waals surface area (Å²) in [5.41, 5.74) is 4.59. The molecule has 0 spiro atoms. The molecule has 0 radical (unpaired) electrons. The van der Waals surface area contributed by atoms with Crippen LogP contribution >= 0.6 is 0 Å². The van der Waals surface area contributed by atoms with Crippen molar-refractivity contribution in [1.29, 1.82) is 0 Å². The third-order valence-corrected chi connectivity index (χ3v) is 2.47. The van der Waals surface area contributed by atoms with Gasteiger partial charge in [-0.05, 0) is 25.3 Å². The summed E-state index contributed by atoms with van der Waals surface area (Å²) in [5, 5.41) is 0. The fraction of sp³-hybridized carbons (Fsp3) is 0.357. The van der Waals surface area contributed by atoms with Gasteiger partial charge in [0.25, 0.3) is 0 Å². The Balaban J connectivity index is 2.87. The largest absolute Gasteiger partial charge is 0.292 e. The van der Waals surface area contributed by atoms with E-state index in [1.54, 1.807) is 7.05 Å². The van der Waals surface area contributed by atoms with E-state index in [0.717, 1.165) is 17.7 Å². The number of aliphatic imine (C=N–C) groups is 2. The maximum Gasteiger partial charge on any atom is 0.0510 e. The summed E-state index contributed by atoms with van der Waals surface area (Å²) in [5.74, 6) is 2.94. The standard InChI is InChI=1S/C14H18N2/c1-11-5-7-13(8-6-11)9-14(16-4)12(2)10-15-3/h5-8H,9H2,1-4H3. The molecule has 0 amide bonds. The number of nitrogens with zero attached hydrogens (tertiary/aromatic N) is 2. The van der Waals surface area contributed by atoms with Gasteiger partial charge in [-0.25, -0.2) is 4.99 Å². The second-order valence-electron chi connectivity index (χ2n) is 3.79. The number of hydrogen-bond acceptors (Lipinski definition) is 2. The van der Waals surface area contributed by atoms with Crippen LogP contribution in [-0.4, -0.2) is 25.7 Å². The SMILES string of the molecule is CN=C=C(C)C(Cc1ccc(C)cc1)=NC. The number of hydrogen-bond donors (Lipinski definition) is 0. The Bertz CT molecular complexity index is 432. The molecule has 1 rings (SSSR count). The molecule has 1 aromatic carbocycles. The lowest BCUT2D eigenvalue weighted by Crippen LogP contribution is -2.05. The fourth-order valence-corrected chi connectivity index (χ4v) is 1.51. The van der Waals surface area contributed by atoms with E-state index in [0.29, 0.717) is 0 Å². The lowest BCUT2D eigenvalue weighted by molar-refractivity contribution is 1.26. The van der Waals surface area contributed by atoms with Gasteiger partial charge in [0.1, 0.15) is 0 Å². The molecule has 0 heterocycles. The highest BCUT2D eigenvalue weighted by atomic mass is 14.7. The molecule has 0 saturated heterocycles. The minimum atomic E-state index is 0.838. The van der Waals surface area contributed by atoms with Gasteiger partial charge < -0.3 is 0 Å². The number of rotatable bonds is 3. The van der Waals surface area contributed by atoms with E-state index in [4.69, 9.17) is 0 Å². The topological polar surface area (TPSA) is 24.7 Å². The van der Waals surface area contributed by atoms with Gasteiger partial charge in [0.15, 0.2) is 0 Å². The van der Waals surface area contributed by atoms with Crippen molar-refractivity contribution >= 4 is 11.6 Å². The molecule has 0 aliphatic heterocycles. The number of aryl methyl sites for hydroxylation is 1. The molecule has 0 saturated carbocycles. The highest BCUT2D eigenvalue weighted by Crippen LogP contribution is 2.07. The van der Waals surface area contributed by atoms with Crippen LogP contribution in [0.2, 0.25) is 0 Å². The van der Waals surface area contributed by atoms with Crippen molar-refractivity contribution in [3.63, 3.8) is 0 Å². The maximum absolute atomic E-state index is 4.28. The molecule has 2 heteroatoms. The van der Waals surface area contributed by atoms with Crippen LogP contribution in [-0.2, 0) is 6.42 Å². The van der Waals surface area contributed by atoms with Crippen LogP contribution in [0.25, 0.3) is 0 Å². The second kappa shape index (κ2) is 6.04. The Morgan fingerprint density at radius 3 is 2.31 bits per heavy atom. The molecular weight excluding hydrogens is 196 g/mol. The van der Waals surface area contributed by atoms with Crippen LogP contribution in [0.4, 0.5) is 0 Å². The van der Waals surface area contributed by atoms with Crippen molar-refractivity contribution in [1.82, 2.24) is 0 Å². The average molecular weight is 214 g/mol. The molecule has 0 bridgehead atoms. The Kier molecular flexibility index (Phi) is 4.68. The van der Waals surface area contributed by atoms with Gasteiger partial charge in [-0.15, -0.1) is 0 Å². The van der Waals surface area contributed by atoms with E-state index in [1.807, 2.05) is 14.0 Å². The summed E-state index contributed by atoms with van der Waals surface area (Å²) in [6.45, 7) is 4.08. The third-order valence-electron chi connectivity index (χ3n) is 2.47. The monoisotopic (exact) mass is 214 g/mol. The Morgan fingerprint density at radius 1 is 1.19 bits per heavy atom. The molecule has 0 aliphatic carbocycles. The van der Waals surface area contributed by atoms with Crippen molar-refractivity contribution in [3.8, 4) is 0 Å². The van der Waals surface area contributed by atoms with E-state index in [1.165, 1.54) is 11.1 Å². The summed E-state index contributed by atoms with van der Waals surface area (Å²) in [6, 6.07) is 8.51. The normalized spacial score (nSPS) is 10.9. The first-order valence-corrected chi connectivity index (χ1v) is 5.37. The van der Waals surface area contributed by atoms with Crippen molar-refractivity contribution in [2.45, 2.75) is 20.3 Å². The molecule has 0 atom stereocenters. The molecule has 0 fully saturated rings. The summed E-state index contributed by atoms with van der Waals surface area (Å²) >= 11 is 0. The van der Waals surface area contributed by atoms with Crippen LogP contribution in [0.5, 0.6) is 0 Å². The lowest BCUT2D eigenvalue weighted by Gasteiger charge is -2.04. The third kappa shape index (κ3) is 3.48. The molecule has 0 unspecified atom stereocenters. The van der Waals surface area contributed by atoms with Gasteiger partial charge >= 0.3 is 0 Å². The molecular formula is C14H18N2.